The van der Waals surface area contributed by atoms with Crippen molar-refractivity contribution in [1.29, 1.82) is 0 Å². The molecule has 3 rings (SSSR count). The molecule has 1 N–H and O–H groups in total. The summed E-state index contributed by atoms with van der Waals surface area (Å²) in [5.41, 5.74) is 1.11. The Labute approximate surface area is 154 Å². The van der Waals surface area contributed by atoms with Gasteiger partial charge in [-0.2, -0.15) is 0 Å². The molecule has 1 aliphatic carbocycles. The number of rotatable bonds is 5. The molecule has 1 atom stereocenters. The Bertz CT molecular complexity index is 611. The van der Waals surface area contributed by atoms with Crippen LogP contribution in [0, 0.1) is 5.92 Å². The molecule has 2 fully saturated rings. The van der Waals surface area contributed by atoms with Crippen molar-refractivity contribution >= 4 is 23.4 Å². The fraction of sp³-hybridized carbons (Fsp3) is 0.600. The van der Waals surface area contributed by atoms with E-state index >= 15 is 0 Å². The number of carbonyl (C=O) groups is 2. The van der Waals surface area contributed by atoms with Gasteiger partial charge < -0.3 is 10.2 Å². The molecule has 1 aromatic carbocycles. The van der Waals surface area contributed by atoms with Crippen LogP contribution in [0.2, 0.25) is 5.02 Å². The molecule has 5 heteroatoms. The smallest absolute Gasteiger partial charge is 0.225 e. The molecule has 2 aliphatic rings. The molecule has 0 radical (unpaired) electrons. The second kappa shape index (κ2) is 8.70. The van der Waals surface area contributed by atoms with Crippen LogP contribution in [0.5, 0.6) is 0 Å². The minimum Gasteiger partial charge on any atom is -0.355 e. The van der Waals surface area contributed by atoms with E-state index < -0.39 is 0 Å². The molecule has 1 saturated carbocycles. The van der Waals surface area contributed by atoms with Crippen molar-refractivity contribution in [3.63, 3.8) is 0 Å². The Morgan fingerprint density at radius 1 is 1.20 bits per heavy atom. The molecule has 0 spiro atoms. The van der Waals surface area contributed by atoms with Crippen molar-refractivity contribution in [2.75, 3.05) is 13.1 Å². The van der Waals surface area contributed by atoms with Crippen LogP contribution in [-0.2, 0) is 16.0 Å². The zero-order valence-electron chi connectivity index (χ0n) is 14.7. The minimum atomic E-state index is -0.199. The van der Waals surface area contributed by atoms with E-state index in [0.29, 0.717) is 30.6 Å². The van der Waals surface area contributed by atoms with Gasteiger partial charge in [0, 0.05) is 30.6 Å². The second-order valence-corrected chi connectivity index (χ2v) is 7.70. The number of hydrogen-bond acceptors (Lipinski definition) is 2. The number of halogens is 1. The number of carbonyl (C=O) groups excluding carboxylic acids is 2. The topological polar surface area (TPSA) is 49.4 Å². The monoisotopic (exact) mass is 362 g/mol. The summed E-state index contributed by atoms with van der Waals surface area (Å²) in [4.78, 5) is 26.8. The van der Waals surface area contributed by atoms with Crippen molar-refractivity contribution in [2.45, 2.75) is 57.4 Å². The summed E-state index contributed by atoms with van der Waals surface area (Å²) in [5.74, 6) is -0.0384. The van der Waals surface area contributed by atoms with Crippen LogP contribution in [0.3, 0.4) is 0 Å². The van der Waals surface area contributed by atoms with Gasteiger partial charge in [-0.25, -0.2) is 0 Å². The lowest BCUT2D eigenvalue weighted by Crippen LogP contribution is -2.38. The summed E-state index contributed by atoms with van der Waals surface area (Å²) in [6.07, 6.45) is 8.23. The van der Waals surface area contributed by atoms with Gasteiger partial charge in [0.2, 0.25) is 11.8 Å². The zero-order valence-corrected chi connectivity index (χ0v) is 15.4. The molecule has 1 aromatic rings. The highest BCUT2D eigenvalue weighted by Gasteiger charge is 2.37. The summed E-state index contributed by atoms with van der Waals surface area (Å²) in [5, 5.41) is 3.70. The maximum absolute atomic E-state index is 12.4. The average Bonchev–Trinajstić information content (AvgIpc) is 2.81. The van der Waals surface area contributed by atoms with Crippen LogP contribution in [0.4, 0.5) is 0 Å². The van der Waals surface area contributed by atoms with E-state index in [2.05, 4.69) is 5.32 Å². The fourth-order valence-electron chi connectivity index (χ4n) is 4.00. The van der Waals surface area contributed by atoms with Crippen LogP contribution in [0.1, 0.15) is 50.5 Å². The standard InChI is InChI=1S/C20H27ClN2O2/c21-17-7-5-6-15(12-17)10-11-22-20(25)16-13-19(24)23(14-16)18-8-3-1-2-4-9-18/h5-7,12,16,18H,1-4,8-11,13-14H2,(H,22,25). The highest BCUT2D eigenvalue weighted by molar-refractivity contribution is 6.30. The third-order valence-corrected chi connectivity index (χ3v) is 5.63. The van der Waals surface area contributed by atoms with Crippen LogP contribution < -0.4 is 5.32 Å². The number of hydrogen-bond donors (Lipinski definition) is 1. The number of nitrogens with one attached hydrogen (secondary N) is 1. The van der Waals surface area contributed by atoms with E-state index in [4.69, 9.17) is 11.6 Å². The summed E-state index contributed by atoms with van der Waals surface area (Å²) < 4.78 is 0. The van der Waals surface area contributed by atoms with Gasteiger partial charge in [0.1, 0.15) is 0 Å². The minimum absolute atomic E-state index is 0.00602. The summed E-state index contributed by atoms with van der Waals surface area (Å²) >= 11 is 5.98. The molecule has 4 nitrogen and oxygen atoms in total. The molecule has 1 aliphatic heterocycles. The quantitative estimate of drug-likeness (QED) is 0.814. The van der Waals surface area contributed by atoms with Gasteiger partial charge in [-0.1, -0.05) is 49.4 Å². The molecular weight excluding hydrogens is 336 g/mol. The van der Waals surface area contributed by atoms with E-state index in [9.17, 15) is 9.59 Å². The maximum atomic E-state index is 12.4. The van der Waals surface area contributed by atoms with Gasteiger partial charge >= 0.3 is 0 Å². The lowest BCUT2D eigenvalue weighted by Gasteiger charge is -2.27. The van der Waals surface area contributed by atoms with E-state index in [-0.39, 0.29) is 17.7 Å². The van der Waals surface area contributed by atoms with Gasteiger partial charge in [0.15, 0.2) is 0 Å². The van der Waals surface area contributed by atoms with Gasteiger partial charge in [-0.15, -0.1) is 0 Å². The molecule has 1 saturated heterocycles. The summed E-state index contributed by atoms with van der Waals surface area (Å²) in [7, 11) is 0. The fourth-order valence-corrected chi connectivity index (χ4v) is 4.21. The maximum Gasteiger partial charge on any atom is 0.225 e. The first kappa shape index (κ1) is 18.2. The van der Waals surface area contributed by atoms with E-state index in [1.165, 1.54) is 25.7 Å². The molecule has 136 valence electrons. The van der Waals surface area contributed by atoms with Crippen molar-refractivity contribution in [2.24, 2.45) is 5.92 Å². The third-order valence-electron chi connectivity index (χ3n) is 5.40. The van der Waals surface area contributed by atoms with E-state index in [1.54, 1.807) is 0 Å². The van der Waals surface area contributed by atoms with Gasteiger partial charge in [-0.05, 0) is 37.0 Å². The first-order valence-electron chi connectivity index (χ1n) is 9.45. The second-order valence-electron chi connectivity index (χ2n) is 7.26. The van der Waals surface area contributed by atoms with Crippen molar-refractivity contribution < 1.29 is 9.59 Å². The predicted octanol–water partition coefficient (Wildman–Crippen LogP) is 3.57. The zero-order chi connectivity index (χ0) is 17.6. The summed E-state index contributed by atoms with van der Waals surface area (Å²) in [6, 6.07) is 8.03. The molecule has 0 bridgehead atoms. The first-order valence-corrected chi connectivity index (χ1v) is 9.83. The Kier molecular flexibility index (Phi) is 6.35. The first-order chi connectivity index (χ1) is 12.1. The van der Waals surface area contributed by atoms with E-state index in [0.717, 1.165) is 24.8 Å². The third kappa shape index (κ3) is 4.97. The Balaban J connectivity index is 1.47. The van der Waals surface area contributed by atoms with Gasteiger partial charge in [0.25, 0.3) is 0 Å². The lowest BCUT2D eigenvalue weighted by molar-refractivity contribution is -0.130. The van der Waals surface area contributed by atoms with Crippen LogP contribution in [0.15, 0.2) is 24.3 Å². The Hall–Kier alpha value is -1.55. The van der Waals surface area contributed by atoms with E-state index in [1.807, 2.05) is 29.2 Å². The molecule has 25 heavy (non-hydrogen) atoms. The summed E-state index contributed by atoms with van der Waals surface area (Å²) in [6.45, 7) is 1.17. The largest absolute Gasteiger partial charge is 0.355 e. The molecular formula is C20H27ClN2O2. The molecule has 1 heterocycles. The van der Waals surface area contributed by atoms with Crippen molar-refractivity contribution in [3.8, 4) is 0 Å². The predicted molar refractivity (Wildman–Crippen MR) is 99.5 cm³/mol. The highest BCUT2D eigenvalue weighted by atomic mass is 35.5. The number of amides is 2. The van der Waals surface area contributed by atoms with Crippen molar-refractivity contribution in [1.82, 2.24) is 10.2 Å². The Morgan fingerprint density at radius 2 is 1.96 bits per heavy atom. The SMILES string of the molecule is O=C(NCCc1cccc(Cl)c1)C1CC(=O)N(C2CCCCCC2)C1. The lowest BCUT2D eigenvalue weighted by atomic mass is 10.1. The number of likely N-dealkylation sites (tertiary alicyclic amines) is 1. The normalized spacial score (nSPS) is 22.0. The molecule has 1 unspecified atom stereocenters. The molecule has 0 aromatic heterocycles. The van der Waals surface area contributed by atoms with Crippen LogP contribution in [0.25, 0.3) is 0 Å². The average molecular weight is 363 g/mol. The van der Waals surface area contributed by atoms with Crippen LogP contribution in [-0.4, -0.2) is 35.8 Å². The molecule has 2 amide bonds. The van der Waals surface area contributed by atoms with Gasteiger partial charge in [-0.3, -0.25) is 9.59 Å². The van der Waals surface area contributed by atoms with Crippen LogP contribution >= 0.6 is 11.6 Å². The number of benzene rings is 1. The Morgan fingerprint density at radius 3 is 2.68 bits per heavy atom. The number of nitrogens with zero attached hydrogens (tertiary/aromatic N) is 1. The van der Waals surface area contributed by atoms with Crippen molar-refractivity contribution in [3.05, 3.63) is 34.9 Å². The highest BCUT2D eigenvalue weighted by Crippen LogP contribution is 2.28. The van der Waals surface area contributed by atoms with Gasteiger partial charge in [0.05, 0.1) is 5.92 Å².